The molecule has 1 aliphatic rings. The molecule has 0 spiro atoms. The van der Waals surface area contributed by atoms with Crippen LogP contribution in [0.1, 0.15) is 27.3 Å². The fraction of sp³-hybridized carbons (Fsp3) is 0.259. The van der Waals surface area contributed by atoms with Crippen LogP contribution in [-0.2, 0) is 6.54 Å². The molecule has 2 aromatic carbocycles. The molecule has 0 atom stereocenters. The lowest BCUT2D eigenvalue weighted by molar-refractivity contribution is 0.0944. The molecule has 1 N–H and O–H groups in total. The first-order chi connectivity index (χ1) is 16.5. The van der Waals surface area contributed by atoms with Gasteiger partial charge in [-0.15, -0.1) is 0 Å². The number of hydrogen-bond donors (Lipinski definition) is 1. The maximum atomic E-state index is 12.9. The average Bonchev–Trinajstić information content (AvgIpc) is 3.21. The zero-order valence-electron chi connectivity index (χ0n) is 19.5. The number of piperazine rings is 1. The molecule has 6 nitrogen and oxygen atoms in total. The molecule has 174 valence electrons. The minimum atomic E-state index is -0.163. The second-order valence-corrected chi connectivity index (χ2v) is 9.16. The van der Waals surface area contributed by atoms with Crippen molar-refractivity contribution in [2.45, 2.75) is 20.4 Å². The second-order valence-electron chi connectivity index (χ2n) is 8.75. The van der Waals surface area contributed by atoms with Crippen molar-refractivity contribution in [3.8, 4) is 0 Å². The minimum absolute atomic E-state index is 0.163. The number of aryl methyl sites for hydroxylation is 2. The molecule has 0 aliphatic carbocycles. The molecule has 1 aliphatic heterocycles. The fourth-order valence-electron chi connectivity index (χ4n) is 4.49. The predicted octanol–water partition coefficient (Wildman–Crippen LogP) is 4.86. The van der Waals surface area contributed by atoms with Gasteiger partial charge in [-0.25, -0.2) is 4.98 Å². The Morgan fingerprint density at radius 3 is 2.12 bits per heavy atom. The summed E-state index contributed by atoms with van der Waals surface area (Å²) < 4.78 is 1.74. The van der Waals surface area contributed by atoms with Crippen LogP contribution in [0.2, 0.25) is 5.02 Å². The number of aromatic nitrogens is 2. The van der Waals surface area contributed by atoms with Gasteiger partial charge in [0.05, 0.1) is 10.7 Å². The normalized spacial score (nSPS) is 14.0. The van der Waals surface area contributed by atoms with E-state index in [1.54, 1.807) is 10.5 Å². The SMILES string of the molecule is Cc1ccc(N2CCN(c3ccc(CNC(=O)c4c(C)nc5c(Cl)cccn45)cc3)CC2)cc1. The molecule has 0 radical (unpaired) electrons. The summed E-state index contributed by atoms with van der Waals surface area (Å²) >= 11 is 6.22. The monoisotopic (exact) mass is 473 g/mol. The third kappa shape index (κ3) is 4.46. The lowest BCUT2D eigenvalue weighted by atomic mass is 10.1. The van der Waals surface area contributed by atoms with E-state index in [1.807, 2.05) is 19.2 Å². The van der Waals surface area contributed by atoms with Gasteiger partial charge < -0.3 is 15.1 Å². The average molecular weight is 474 g/mol. The number of benzene rings is 2. The first kappa shape index (κ1) is 22.3. The molecule has 1 fully saturated rings. The maximum Gasteiger partial charge on any atom is 0.270 e. The van der Waals surface area contributed by atoms with Crippen LogP contribution in [0.4, 0.5) is 11.4 Å². The van der Waals surface area contributed by atoms with E-state index in [9.17, 15) is 4.79 Å². The Morgan fingerprint density at radius 1 is 0.912 bits per heavy atom. The lowest BCUT2D eigenvalue weighted by Gasteiger charge is -2.37. The van der Waals surface area contributed by atoms with Gasteiger partial charge in [0.15, 0.2) is 5.65 Å². The van der Waals surface area contributed by atoms with Crippen molar-refractivity contribution in [1.29, 1.82) is 0 Å². The molecule has 3 heterocycles. The summed E-state index contributed by atoms with van der Waals surface area (Å²) in [5, 5.41) is 3.55. The Labute approximate surface area is 204 Å². The van der Waals surface area contributed by atoms with Crippen molar-refractivity contribution in [2.75, 3.05) is 36.0 Å². The third-order valence-corrected chi connectivity index (χ3v) is 6.72. The molecule has 2 aromatic heterocycles. The van der Waals surface area contributed by atoms with Gasteiger partial charge in [-0.3, -0.25) is 9.20 Å². The van der Waals surface area contributed by atoms with Gasteiger partial charge in [-0.2, -0.15) is 0 Å². The van der Waals surface area contributed by atoms with Gasteiger partial charge in [-0.1, -0.05) is 41.4 Å². The fourth-order valence-corrected chi connectivity index (χ4v) is 4.70. The number of anilines is 2. The Hall–Kier alpha value is -3.51. The molecule has 0 unspecified atom stereocenters. The molecular weight excluding hydrogens is 446 g/mol. The number of amides is 1. The van der Waals surface area contributed by atoms with Crippen LogP contribution < -0.4 is 15.1 Å². The van der Waals surface area contributed by atoms with Crippen LogP contribution in [0.5, 0.6) is 0 Å². The van der Waals surface area contributed by atoms with E-state index < -0.39 is 0 Å². The number of hydrogen-bond acceptors (Lipinski definition) is 4. The summed E-state index contributed by atoms with van der Waals surface area (Å²) in [7, 11) is 0. The Kier molecular flexibility index (Phi) is 6.16. The van der Waals surface area contributed by atoms with Crippen molar-refractivity contribution in [2.24, 2.45) is 0 Å². The number of imidazole rings is 1. The van der Waals surface area contributed by atoms with Crippen LogP contribution in [0, 0.1) is 13.8 Å². The molecule has 5 rings (SSSR count). The van der Waals surface area contributed by atoms with Crippen molar-refractivity contribution < 1.29 is 4.79 Å². The Balaban J connectivity index is 1.19. The number of carbonyl (C=O) groups is 1. The topological polar surface area (TPSA) is 52.9 Å². The summed E-state index contributed by atoms with van der Waals surface area (Å²) in [5.74, 6) is -0.163. The quantitative estimate of drug-likeness (QED) is 0.449. The summed E-state index contributed by atoms with van der Waals surface area (Å²) in [6.45, 7) is 8.38. The predicted molar refractivity (Wildman–Crippen MR) is 138 cm³/mol. The number of halogens is 1. The number of rotatable bonds is 5. The highest BCUT2D eigenvalue weighted by Crippen LogP contribution is 2.22. The van der Waals surface area contributed by atoms with E-state index in [2.05, 4.69) is 75.6 Å². The zero-order chi connectivity index (χ0) is 23.7. The van der Waals surface area contributed by atoms with Gasteiger partial charge in [0.25, 0.3) is 5.91 Å². The highest BCUT2D eigenvalue weighted by molar-refractivity contribution is 6.33. The van der Waals surface area contributed by atoms with Gasteiger partial charge >= 0.3 is 0 Å². The van der Waals surface area contributed by atoms with Gasteiger partial charge in [0, 0.05) is 50.3 Å². The molecule has 0 bridgehead atoms. The number of carbonyl (C=O) groups excluding carboxylic acids is 1. The second kappa shape index (κ2) is 9.39. The van der Waals surface area contributed by atoms with Crippen LogP contribution in [0.25, 0.3) is 5.65 Å². The van der Waals surface area contributed by atoms with E-state index >= 15 is 0 Å². The van der Waals surface area contributed by atoms with Crippen molar-refractivity contribution in [1.82, 2.24) is 14.7 Å². The summed E-state index contributed by atoms with van der Waals surface area (Å²) in [5.41, 5.74) is 6.62. The summed E-state index contributed by atoms with van der Waals surface area (Å²) in [6, 6.07) is 20.8. The molecule has 4 aromatic rings. The van der Waals surface area contributed by atoms with Gasteiger partial charge in [-0.05, 0) is 55.8 Å². The molecule has 1 saturated heterocycles. The highest BCUT2D eigenvalue weighted by Gasteiger charge is 2.19. The third-order valence-electron chi connectivity index (χ3n) is 6.43. The molecule has 1 amide bonds. The Morgan fingerprint density at radius 2 is 1.50 bits per heavy atom. The molecule has 0 saturated carbocycles. The highest BCUT2D eigenvalue weighted by atomic mass is 35.5. The number of fused-ring (bicyclic) bond motifs is 1. The van der Waals surface area contributed by atoms with E-state index in [0.717, 1.165) is 31.7 Å². The standard InChI is InChI=1S/C27H28ClN5O/c1-19-5-9-22(10-6-19)31-14-16-32(17-15-31)23-11-7-21(8-12-23)18-29-27(34)25-20(2)30-26-24(28)4-3-13-33(25)26/h3-13H,14-18H2,1-2H3,(H,29,34). The van der Waals surface area contributed by atoms with E-state index in [4.69, 9.17) is 11.6 Å². The van der Waals surface area contributed by atoms with Crippen LogP contribution >= 0.6 is 11.6 Å². The Bertz CT molecular complexity index is 1310. The maximum absolute atomic E-state index is 12.9. The van der Waals surface area contributed by atoms with Crippen molar-refractivity contribution in [3.63, 3.8) is 0 Å². The first-order valence-corrected chi connectivity index (χ1v) is 11.9. The summed E-state index contributed by atoms with van der Waals surface area (Å²) in [6.07, 6.45) is 1.81. The van der Waals surface area contributed by atoms with E-state index in [0.29, 0.717) is 28.6 Å². The zero-order valence-corrected chi connectivity index (χ0v) is 20.2. The van der Waals surface area contributed by atoms with Crippen LogP contribution in [0.15, 0.2) is 66.9 Å². The number of pyridine rings is 1. The minimum Gasteiger partial charge on any atom is -0.368 e. The van der Waals surface area contributed by atoms with E-state index in [1.165, 1.54) is 16.9 Å². The molecule has 7 heteroatoms. The first-order valence-electron chi connectivity index (χ1n) is 11.6. The van der Waals surface area contributed by atoms with E-state index in [-0.39, 0.29) is 5.91 Å². The van der Waals surface area contributed by atoms with Gasteiger partial charge in [0.2, 0.25) is 0 Å². The smallest absolute Gasteiger partial charge is 0.270 e. The number of nitrogens with one attached hydrogen (secondary N) is 1. The lowest BCUT2D eigenvalue weighted by Crippen LogP contribution is -2.46. The largest absolute Gasteiger partial charge is 0.368 e. The molecular formula is C27H28ClN5O. The van der Waals surface area contributed by atoms with Crippen molar-refractivity contribution >= 4 is 34.5 Å². The van der Waals surface area contributed by atoms with Crippen molar-refractivity contribution in [3.05, 3.63) is 94.4 Å². The van der Waals surface area contributed by atoms with Gasteiger partial charge in [0.1, 0.15) is 5.69 Å². The van der Waals surface area contributed by atoms with Crippen LogP contribution in [0.3, 0.4) is 0 Å². The van der Waals surface area contributed by atoms with Crippen LogP contribution in [-0.4, -0.2) is 41.5 Å². The molecule has 34 heavy (non-hydrogen) atoms. The number of nitrogens with zero attached hydrogens (tertiary/aromatic N) is 4. The summed E-state index contributed by atoms with van der Waals surface area (Å²) in [4.78, 5) is 22.2.